The second-order valence-corrected chi connectivity index (χ2v) is 8.43. The lowest BCUT2D eigenvalue weighted by Gasteiger charge is -2.46. The number of rotatable bonds is 5. The van der Waals surface area contributed by atoms with Gasteiger partial charge < -0.3 is 14.4 Å². The predicted molar refractivity (Wildman–Crippen MR) is 114 cm³/mol. The zero-order valence-corrected chi connectivity index (χ0v) is 17.4. The maximum absolute atomic E-state index is 12.7. The van der Waals surface area contributed by atoms with Gasteiger partial charge in [-0.1, -0.05) is 41.6 Å². The van der Waals surface area contributed by atoms with Gasteiger partial charge in [0.1, 0.15) is 0 Å². The van der Waals surface area contributed by atoms with Crippen molar-refractivity contribution in [1.82, 2.24) is 24.9 Å². The average Bonchev–Trinajstić information content (AvgIpc) is 3.23. The second kappa shape index (κ2) is 8.11. The van der Waals surface area contributed by atoms with E-state index in [1.54, 1.807) is 6.07 Å². The summed E-state index contributed by atoms with van der Waals surface area (Å²) in [5.41, 5.74) is 1.97. The van der Waals surface area contributed by atoms with E-state index in [9.17, 15) is 9.59 Å². The highest BCUT2D eigenvalue weighted by molar-refractivity contribution is 5.72. The molecule has 4 heterocycles. The minimum Gasteiger partial charge on any atom is -0.354 e. The van der Waals surface area contributed by atoms with Gasteiger partial charge in [-0.15, -0.1) is 0 Å². The zero-order chi connectivity index (χ0) is 21.4. The highest BCUT2D eigenvalue weighted by Crippen LogP contribution is 2.41. The van der Waals surface area contributed by atoms with Gasteiger partial charge in [0.2, 0.25) is 17.6 Å². The summed E-state index contributed by atoms with van der Waals surface area (Å²) < 4.78 is 7.42. The highest BCUT2D eigenvalue weighted by atomic mass is 16.5. The van der Waals surface area contributed by atoms with Crippen LogP contribution in [0.25, 0.3) is 11.4 Å². The minimum atomic E-state index is -0.0837. The minimum absolute atomic E-state index is 0.000376. The van der Waals surface area contributed by atoms with Crippen LogP contribution in [-0.4, -0.2) is 45.1 Å². The van der Waals surface area contributed by atoms with Crippen molar-refractivity contribution in [3.05, 3.63) is 70.5 Å². The second-order valence-electron chi connectivity index (χ2n) is 8.43. The van der Waals surface area contributed by atoms with Crippen LogP contribution in [0, 0.1) is 5.92 Å². The summed E-state index contributed by atoms with van der Waals surface area (Å²) in [6.07, 6.45) is 1.00. The molecule has 1 saturated heterocycles. The molecule has 1 aromatic carbocycles. The van der Waals surface area contributed by atoms with Gasteiger partial charge in [-0.05, 0) is 18.4 Å². The Labute approximate surface area is 179 Å². The monoisotopic (exact) mass is 419 g/mol. The van der Waals surface area contributed by atoms with Crippen molar-refractivity contribution < 1.29 is 9.32 Å². The molecule has 5 rings (SSSR count). The number of amides is 1. The molecule has 1 amide bonds. The first kappa shape index (κ1) is 19.7. The van der Waals surface area contributed by atoms with Crippen LogP contribution < -0.4 is 10.9 Å². The first-order valence-electron chi connectivity index (χ1n) is 10.6. The normalized spacial score (nSPS) is 22.7. The number of benzene rings is 1. The van der Waals surface area contributed by atoms with Crippen LogP contribution in [0.15, 0.2) is 57.8 Å². The molecular formula is C23H25N5O3. The molecule has 0 unspecified atom stereocenters. The lowest BCUT2D eigenvalue weighted by atomic mass is 9.78. The summed E-state index contributed by atoms with van der Waals surface area (Å²) >= 11 is 0. The summed E-state index contributed by atoms with van der Waals surface area (Å²) in [6, 6.07) is 15.2. The number of piperidine rings is 1. The molecule has 3 aromatic rings. The number of nitrogens with zero attached hydrogens (tertiary/aromatic N) is 4. The SMILES string of the molecule is CC(=O)NC[C@H]1[C@H]2C[C@H](CN(Cc3nc(-c4ccccc4)no3)C2)c2cccc(=O)n21. The fourth-order valence-electron chi connectivity index (χ4n) is 4.99. The van der Waals surface area contributed by atoms with E-state index in [-0.39, 0.29) is 29.3 Å². The lowest BCUT2D eigenvalue weighted by Crippen LogP contribution is -2.51. The molecule has 1 N–H and O–H groups in total. The summed E-state index contributed by atoms with van der Waals surface area (Å²) in [4.78, 5) is 31.1. The predicted octanol–water partition coefficient (Wildman–Crippen LogP) is 2.19. The maximum Gasteiger partial charge on any atom is 0.251 e. The molecule has 160 valence electrons. The highest BCUT2D eigenvalue weighted by Gasteiger charge is 2.40. The third kappa shape index (κ3) is 3.90. The largest absolute Gasteiger partial charge is 0.354 e. The Balaban J connectivity index is 1.38. The van der Waals surface area contributed by atoms with Crippen molar-refractivity contribution in [2.75, 3.05) is 19.6 Å². The van der Waals surface area contributed by atoms with Gasteiger partial charge in [-0.3, -0.25) is 14.5 Å². The number of carbonyl (C=O) groups is 1. The van der Waals surface area contributed by atoms with Crippen LogP contribution in [0.4, 0.5) is 0 Å². The topological polar surface area (TPSA) is 93.3 Å². The molecule has 1 fully saturated rings. The zero-order valence-electron chi connectivity index (χ0n) is 17.4. The van der Waals surface area contributed by atoms with Gasteiger partial charge in [-0.2, -0.15) is 4.98 Å². The van der Waals surface area contributed by atoms with E-state index in [2.05, 4.69) is 20.4 Å². The Bertz CT molecular complexity index is 1140. The average molecular weight is 419 g/mol. The number of hydrogen-bond donors (Lipinski definition) is 1. The fourth-order valence-corrected chi connectivity index (χ4v) is 4.99. The Hall–Kier alpha value is -3.26. The summed E-state index contributed by atoms with van der Waals surface area (Å²) in [5, 5.41) is 7.04. The number of hydrogen-bond acceptors (Lipinski definition) is 6. The van der Waals surface area contributed by atoms with Crippen molar-refractivity contribution >= 4 is 5.91 Å². The van der Waals surface area contributed by atoms with E-state index in [1.165, 1.54) is 6.92 Å². The maximum atomic E-state index is 12.7. The molecule has 0 saturated carbocycles. The Morgan fingerprint density at radius 3 is 2.81 bits per heavy atom. The van der Waals surface area contributed by atoms with Gasteiger partial charge in [0.25, 0.3) is 5.56 Å². The first-order chi connectivity index (χ1) is 15.1. The fraction of sp³-hybridized carbons (Fsp3) is 0.391. The molecule has 2 aliphatic rings. The molecule has 2 aliphatic heterocycles. The third-order valence-corrected chi connectivity index (χ3v) is 6.29. The van der Waals surface area contributed by atoms with Crippen LogP contribution in [0.3, 0.4) is 0 Å². The Morgan fingerprint density at radius 1 is 1.16 bits per heavy atom. The molecule has 0 aliphatic carbocycles. The van der Waals surface area contributed by atoms with Gasteiger partial charge in [0.05, 0.1) is 12.6 Å². The van der Waals surface area contributed by atoms with E-state index in [4.69, 9.17) is 4.52 Å². The Morgan fingerprint density at radius 2 is 2.00 bits per heavy atom. The van der Waals surface area contributed by atoms with Gasteiger partial charge >= 0.3 is 0 Å². The van der Waals surface area contributed by atoms with Crippen LogP contribution in [0.1, 0.15) is 36.9 Å². The van der Waals surface area contributed by atoms with E-state index in [0.717, 1.165) is 30.8 Å². The van der Waals surface area contributed by atoms with Gasteiger partial charge in [-0.25, -0.2) is 0 Å². The number of pyridine rings is 1. The van der Waals surface area contributed by atoms with E-state index in [0.29, 0.717) is 24.8 Å². The summed E-state index contributed by atoms with van der Waals surface area (Å²) in [6.45, 7) is 4.17. The standard InChI is InChI=1S/C23H25N5O3/c1-15(29)24-11-20-18-10-17(19-8-5-9-22(30)28(19)20)12-27(13-18)14-21-25-23(26-31-21)16-6-3-2-4-7-16/h2-9,17-18,20H,10-14H2,1H3,(H,24,29)/t17-,18+,20+/m1/s1. The van der Waals surface area contributed by atoms with Gasteiger partial charge in [0, 0.05) is 49.8 Å². The van der Waals surface area contributed by atoms with Crippen LogP contribution in [-0.2, 0) is 11.3 Å². The number of carbonyl (C=O) groups excluding carboxylic acids is 1. The van der Waals surface area contributed by atoms with Crippen molar-refractivity contribution in [3.8, 4) is 11.4 Å². The van der Waals surface area contributed by atoms with Crippen molar-refractivity contribution in [3.63, 3.8) is 0 Å². The molecule has 2 aromatic heterocycles. The van der Waals surface area contributed by atoms with Crippen molar-refractivity contribution in [1.29, 1.82) is 0 Å². The molecule has 0 radical (unpaired) electrons. The Kier molecular flexibility index (Phi) is 5.15. The molecule has 2 bridgehead atoms. The van der Waals surface area contributed by atoms with Crippen LogP contribution >= 0.6 is 0 Å². The van der Waals surface area contributed by atoms with Crippen LogP contribution in [0.2, 0.25) is 0 Å². The molecular weight excluding hydrogens is 394 g/mol. The third-order valence-electron chi connectivity index (χ3n) is 6.29. The lowest BCUT2D eigenvalue weighted by molar-refractivity contribution is -0.119. The van der Waals surface area contributed by atoms with Crippen LogP contribution in [0.5, 0.6) is 0 Å². The molecule has 0 spiro atoms. The first-order valence-corrected chi connectivity index (χ1v) is 10.6. The van der Waals surface area contributed by atoms with Crippen molar-refractivity contribution in [2.24, 2.45) is 5.92 Å². The summed E-state index contributed by atoms with van der Waals surface area (Å²) in [7, 11) is 0. The van der Waals surface area contributed by atoms with E-state index < -0.39 is 0 Å². The summed E-state index contributed by atoms with van der Waals surface area (Å²) in [5.74, 6) is 1.61. The smallest absolute Gasteiger partial charge is 0.251 e. The van der Waals surface area contributed by atoms with E-state index in [1.807, 2.05) is 47.0 Å². The quantitative estimate of drug-likeness (QED) is 0.682. The number of aromatic nitrogens is 3. The molecule has 8 heteroatoms. The van der Waals surface area contributed by atoms with E-state index >= 15 is 0 Å². The molecule has 3 atom stereocenters. The van der Waals surface area contributed by atoms with Crippen molar-refractivity contribution in [2.45, 2.75) is 31.8 Å². The molecule has 31 heavy (non-hydrogen) atoms. The number of fused-ring (bicyclic) bond motifs is 4. The molecule has 8 nitrogen and oxygen atoms in total. The van der Waals surface area contributed by atoms with Gasteiger partial charge in [0.15, 0.2) is 0 Å². The number of likely N-dealkylation sites (tertiary alicyclic amines) is 1. The number of nitrogens with one attached hydrogen (secondary N) is 1.